The summed E-state index contributed by atoms with van der Waals surface area (Å²) < 4.78 is 0. The van der Waals surface area contributed by atoms with Gasteiger partial charge in [0.15, 0.2) is 0 Å². The molecule has 94 valence electrons. The van der Waals surface area contributed by atoms with E-state index < -0.39 is 0 Å². The molecule has 0 saturated heterocycles. The summed E-state index contributed by atoms with van der Waals surface area (Å²) in [4.78, 5) is 22.8. The normalized spacial score (nSPS) is 32.9. The second-order valence-corrected chi connectivity index (χ2v) is 5.09. The number of nitrogens with one attached hydrogen (secondary N) is 2. The lowest BCUT2D eigenvalue weighted by Crippen LogP contribution is -2.43. The number of amides is 2. The molecule has 1 fully saturated rings. The SMILES string of the molecule is CC1CCC(NC(=O)C2=NNC(=O)CC2)C1C. The van der Waals surface area contributed by atoms with Crippen LogP contribution in [0.25, 0.3) is 0 Å². The van der Waals surface area contributed by atoms with Gasteiger partial charge in [-0.2, -0.15) is 5.10 Å². The van der Waals surface area contributed by atoms with Crippen LogP contribution in [0.2, 0.25) is 0 Å². The van der Waals surface area contributed by atoms with Crippen LogP contribution in [-0.2, 0) is 9.59 Å². The number of nitrogens with zero attached hydrogens (tertiary/aromatic N) is 1. The van der Waals surface area contributed by atoms with Crippen molar-refractivity contribution in [1.29, 1.82) is 0 Å². The van der Waals surface area contributed by atoms with E-state index in [-0.39, 0.29) is 17.9 Å². The summed E-state index contributed by atoms with van der Waals surface area (Å²) in [6, 6.07) is 0.248. The maximum atomic E-state index is 11.9. The van der Waals surface area contributed by atoms with Gasteiger partial charge in [-0.05, 0) is 24.7 Å². The molecule has 0 radical (unpaired) electrons. The first-order valence-corrected chi connectivity index (χ1v) is 6.24. The maximum Gasteiger partial charge on any atom is 0.267 e. The zero-order valence-electron chi connectivity index (χ0n) is 10.3. The second kappa shape index (κ2) is 4.85. The van der Waals surface area contributed by atoms with E-state index in [4.69, 9.17) is 0 Å². The molecule has 2 rings (SSSR count). The number of hydrogen-bond acceptors (Lipinski definition) is 3. The molecule has 0 aromatic rings. The molecule has 5 nitrogen and oxygen atoms in total. The zero-order chi connectivity index (χ0) is 12.4. The summed E-state index contributed by atoms with van der Waals surface area (Å²) in [6.45, 7) is 4.39. The largest absolute Gasteiger partial charge is 0.348 e. The fraction of sp³-hybridized carbons (Fsp3) is 0.750. The van der Waals surface area contributed by atoms with Crippen LogP contribution >= 0.6 is 0 Å². The first-order chi connectivity index (χ1) is 8.08. The van der Waals surface area contributed by atoms with Gasteiger partial charge in [-0.1, -0.05) is 13.8 Å². The van der Waals surface area contributed by atoms with Gasteiger partial charge in [-0.15, -0.1) is 0 Å². The van der Waals surface area contributed by atoms with Crippen molar-refractivity contribution >= 4 is 17.5 Å². The average Bonchev–Trinajstić information content (AvgIpc) is 2.62. The Bertz CT molecular complexity index is 365. The molecule has 0 bridgehead atoms. The Balaban J connectivity index is 1.91. The molecule has 2 N–H and O–H groups in total. The minimum Gasteiger partial charge on any atom is -0.348 e. The van der Waals surface area contributed by atoms with Gasteiger partial charge in [0.05, 0.1) is 0 Å². The van der Waals surface area contributed by atoms with Crippen LogP contribution in [0.1, 0.15) is 39.5 Å². The molecule has 0 aromatic heterocycles. The van der Waals surface area contributed by atoms with Gasteiger partial charge in [0.1, 0.15) is 5.71 Å². The predicted molar refractivity (Wildman–Crippen MR) is 64.3 cm³/mol. The van der Waals surface area contributed by atoms with Gasteiger partial charge in [0, 0.05) is 18.9 Å². The average molecular weight is 237 g/mol. The summed E-state index contributed by atoms with van der Waals surface area (Å²) in [5.41, 5.74) is 2.79. The van der Waals surface area contributed by atoms with E-state index in [2.05, 4.69) is 29.7 Å². The Hall–Kier alpha value is -1.39. The number of carbonyl (C=O) groups excluding carboxylic acids is 2. The van der Waals surface area contributed by atoms with Crippen molar-refractivity contribution in [2.75, 3.05) is 0 Å². The van der Waals surface area contributed by atoms with E-state index in [1.165, 1.54) is 0 Å². The van der Waals surface area contributed by atoms with Crippen molar-refractivity contribution in [2.24, 2.45) is 16.9 Å². The molecule has 1 aliphatic heterocycles. The molecule has 3 unspecified atom stereocenters. The van der Waals surface area contributed by atoms with E-state index in [1.54, 1.807) is 0 Å². The van der Waals surface area contributed by atoms with Gasteiger partial charge in [-0.25, -0.2) is 5.43 Å². The van der Waals surface area contributed by atoms with Crippen molar-refractivity contribution in [3.8, 4) is 0 Å². The van der Waals surface area contributed by atoms with E-state index in [1.807, 2.05) is 0 Å². The molecule has 17 heavy (non-hydrogen) atoms. The van der Waals surface area contributed by atoms with Crippen LogP contribution < -0.4 is 10.7 Å². The maximum absolute atomic E-state index is 11.9. The standard InChI is InChI=1S/C12H19N3O2/c1-7-3-4-9(8(7)2)13-12(17)10-5-6-11(16)15-14-10/h7-9H,3-6H2,1-2H3,(H,13,17)(H,15,16). The molecular weight excluding hydrogens is 218 g/mol. The Morgan fingerprint density at radius 3 is 2.65 bits per heavy atom. The van der Waals surface area contributed by atoms with E-state index >= 15 is 0 Å². The monoisotopic (exact) mass is 237 g/mol. The lowest BCUT2D eigenvalue weighted by molar-refractivity contribution is -0.121. The number of hydrogen-bond donors (Lipinski definition) is 2. The molecule has 1 heterocycles. The van der Waals surface area contributed by atoms with Gasteiger partial charge >= 0.3 is 0 Å². The minimum absolute atomic E-state index is 0.121. The fourth-order valence-corrected chi connectivity index (χ4v) is 2.46. The minimum atomic E-state index is -0.129. The Kier molecular flexibility index (Phi) is 3.45. The third-order valence-corrected chi connectivity index (χ3v) is 3.95. The van der Waals surface area contributed by atoms with Gasteiger partial charge in [-0.3, -0.25) is 9.59 Å². The Morgan fingerprint density at radius 2 is 2.12 bits per heavy atom. The van der Waals surface area contributed by atoms with Crippen molar-refractivity contribution in [3.63, 3.8) is 0 Å². The van der Waals surface area contributed by atoms with Crippen LogP contribution in [0.15, 0.2) is 5.10 Å². The molecule has 5 heteroatoms. The topological polar surface area (TPSA) is 70.6 Å². The highest BCUT2D eigenvalue weighted by atomic mass is 16.2. The van der Waals surface area contributed by atoms with Crippen LogP contribution in [0.4, 0.5) is 0 Å². The van der Waals surface area contributed by atoms with Gasteiger partial charge in [0.25, 0.3) is 5.91 Å². The zero-order valence-corrected chi connectivity index (χ0v) is 10.3. The number of hydrazone groups is 1. The van der Waals surface area contributed by atoms with E-state index in [0.29, 0.717) is 30.4 Å². The molecule has 2 aliphatic rings. The van der Waals surface area contributed by atoms with Crippen molar-refractivity contribution in [1.82, 2.24) is 10.7 Å². The van der Waals surface area contributed by atoms with E-state index in [0.717, 1.165) is 12.8 Å². The van der Waals surface area contributed by atoms with Crippen LogP contribution in [-0.4, -0.2) is 23.6 Å². The van der Waals surface area contributed by atoms with Crippen molar-refractivity contribution in [3.05, 3.63) is 0 Å². The van der Waals surface area contributed by atoms with Crippen LogP contribution in [0.3, 0.4) is 0 Å². The lowest BCUT2D eigenvalue weighted by Gasteiger charge is -2.20. The smallest absolute Gasteiger partial charge is 0.267 e. The van der Waals surface area contributed by atoms with Crippen LogP contribution in [0.5, 0.6) is 0 Å². The van der Waals surface area contributed by atoms with Gasteiger partial charge < -0.3 is 5.32 Å². The Labute approximate surface area is 101 Å². The summed E-state index contributed by atoms with van der Waals surface area (Å²) in [5, 5.41) is 6.82. The number of rotatable bonds is 2. The Morgan fingerprint density at radius 1 is 1.35 bits per heavy atom. The first-order valence-electron chi connectivity index (χ1n) is 6.24. The summed E-state index contributed by atoms with van der Waals surface area (Å²) in [7, 11) is 0. The summed E-state index contributed by atoms with van der Waals surface area (Å²) in [6.07, 6.45) is 2.99. The summed E-state index contributed by atoms with van der Waals surface area (Å²) >= 11 is 0. The summed E-state index contributed by atoms with van der Waals surface area (Å²) in [5.74, 6) is 0.923. The third-order valence-electron chi connectivity index (χ3n) is 3.95. The molecule has 1 saturated carbocycles. The molecule has 0 aromatic carbocycles. The lowest BCUT2D eigenvalue weighted by atomic mass is 9.97. The van der Waals surface area contributed by atoms with Crippen molar-refractivity contribution < 1.29 is 9.59 Å². The quantitative estimate of drug-likeness (QED) is 0.746. The fourth-order valence-electron chi connectivity index (χ4n) is 2.46. The molecule has 3 atom stereocenters. The predicted octanol–water partition coefficient (Wildman–Crippen LogP) is 0.803. The van der Waals surface area contributed by atoms with Crippen LogP contribution in [0, 0.1) is 11.8 Å². The highest BCUT2D eigenvalue weighted by Crippen LogP contribution is 2.31. The second-order valence-electron chi connectivity index (χ2n) is 5.09. The third kappa shape index (κ3) is 2.65. The molecule has 2 amide bonds. The number of carbonyl (C=O) groups is 2. The van der Waals surface area contributed by atoms with Crippen molar-refractivity contribution in [2.45, 2.75) is 45.6 Å². The molecule has 1 aliphatic carbocycles. The van der Waals surface area contributed by atoms with Gasteiger partial charge in [0.2, 0.25) is 5.91 Å². The molecule has 0 spiro atoms. The first kappa shape index (κ1) is 12.1. The molecular formula is C12H19N3O2. The highest BCUT2D eigenvalue weighted by molar-refractivity contribution is 6.39. The van der Waals surface area contributed by atoms with E-state index in [9.17, 15) is 9.59 Å². The highest BCUT2D eigenvalue weighted by Gasteiger charge is 2.31.